The Balaban J connectivity index is 2.23. The molecule has 44 valence electrons. The molecule has 0 saturated heterocycles. The molecule has 0 fully saturated rings. The third kappa shape index (κ3) is 0.599. The monoisotopic (exact) mass is 128 g/mol. The number of ether oxygens (including phenoxy) is 1. The zero-order valence-corrected chi connectivity index (χ0v) is 5.46. The maximum absolute atomic E-state index is 5.22. The van der Waals surface area contributed by atoms with Crippen LogP contribution in [-0.2, 0) is 4.74 Å². The lowest BCUT2D eigenvalue weighted by Gasteiger charge is -1.93. The molecule has 2 aliphatic rings. The summed E-state index contributed by atoms with van der Waals surface area (Å²) in [5.41, 5.74) is 3.13. The van der Waals surface area contributed by atoms with Gasteiger partial charge in [0, 0.05) is 11.5 Å². The van der Waals surface area contributed by atoms with Crippen molar-refractivity contribution in [2.45, 2.75) is 0 Å². The molecule has 0 atom stereocenters. The van der Waals surface area contributed by atoms with Gasteiger partial charge < -0.3 is 4.74 Å². The minimum atomic E-state index is 0.919. The standard InChI is InChI=1S/C6H8OS/c1-5-3-8-4-6(5)2-7-1/h1-4H2. The van der Waals surface area contributed by atoms with Crippen LogP contribution in [0.5, 0.6) is 0 Å². The van der Waals surface area contributed by atoms with Crippen LogP contribution in [0.3, 0.4) is 0 Å². The fourth-order valence-electron chi connectivity index (χ4n) is 1.09. The molecule has 0 bridgehead atoms. The lowest BCUT2D eigenvalue weighted by molar-refractivity contribution is 0.204. The second-order valence-corrected chi connectivity index (χ2v) is 3.18. The highest BCUT2D eigenvalue weighted by Gasteiger charge is 2.19. The van der Waals surface area contributed by atoms with E-state index in [0.717, 1.165) is 13.2 Å². The van der Waals surface area contributed by atoms with Gasteiger partial charge in [0.05, 0.1) is 13.2 Å². The Kier molecular flexibility index (Phi) is 1.09. The summed E-state index contributed by atoms with van der Waals surface area (Å²) in [6.07, 6.45) is 0. The van der Waals surface area contributed by atoms with E-state index in [2.05, 4.69) is 0 Å². The lowest BCUT2D eigenvalue weighted by atomic mass is 10.2. The topological polar surface area (TPSA) is 9.23 Å². The van der Waals surface area contributed by atoms with Crippen LogP contribution < -0.4 is 0 Å². The number of hydrogen-bond acceptors (Lipinski definition) is 2. The second kappa shape index (κ2) is 1.78. The average Bonchev–Trinajstić information content (AvgIpc) is 2.15. The van der Waals surface area contributed by atoms with E-state index in [9.17, 15) is 0 Å². The Bertz CT molecular complexity index is 111. The Morgan fingerprint density at radius 1 is 1.12 bits per heavy atom. The molecule has 0 radical (unpaired) electrons. The zero-order chi connectivity index (χ0) is 5.40. The van der Waals surface area contributed by atoms with Crippen molar-refractivity contribution in [3.05, 3.63) is 11.1 Å². The first kappa shape index (κ1) is 4.89. The predicted molar refractivity (Wildman–Crippen MR) is 35.2 cm³/mol. The van der Waals surface area contributed by atoms with Crippen molar-refractivity contribution in [3.63, 3.8) is 0 Å². The van der Waals surface area contributed by atoms with Crippen molar-refractivity contribution in [1.29, 1.82) is 0 Å². The Morgan fingerprint density at radius 3 is 2.38 bits per heavy atom. The first-order valence-corrected chi connectivity index (χ1v) is 3.97. The van der Waals surface area contributed by atoms with Gasteiger partial charge >= 0.3 is 0 Å². The maximum atomic E-state index is 5.22. The van der Waals surface area contributed by atoms with Crippen molar-refractivity contribution in [1.82, 2.24) is 0 Å². The fraction of sp³-hybridized carbons (Fsp3) is 0.667. The van der Waals surface area contributed by atoms with Gasteiger partial charge in [0.25, 0.3) is 0 Å². The first-order valence-electron chi connectivity index (χ1n) is 2.82. The van der Waals surface area contributed by atoms with Crippen LogP contribution in [0.2, 0.25) is 0 Å². The second-order valence-electron chi connectivity index (χ2n) is 2.19. The molecule has 0 aromatic heterocycles. The summed E-state index contributed by atoms with van der Waals surface area (Å²) < 4.78 is 5.22. The molecule has 0 spiro atoms. The molecule has 8 heavy (non-hydrogen) atoms. The summed E-state index contributed by atoms with van der Waals surface area (Å²) in [5, 5.41) is 0. The number of rotatable bonds is 0. The summed E-state index contributed by atoms with van der Waals surface area (Å²) >= 11 is 2.01. The molecule has 0 amide bonds. The van der Waals surface area contributed by atoms with Crippen LogP contribution in [0.25, 0.3) is 0 Å². The molecule has 2 rings (SSSR count). The van der Waals surface area contributed by atoms with E-state index in [1.165, 1.54) is 11.5 Å². The minimum Gasteiger partial charge on any atom is -0.373 e. The van der Waals surface area contributed by atoms with E-state index in [-0.39, 0.29) is 0 Å². The quantitative estimate of drug-likeness (QED) is 0.451. The molecule has 0 aliphatic carbocycles. The van der Waals surface area contributed by atoms with Gasteiger partial charge in [-0.05, 0) is 11.1 Å². The highest BCUT2D eigenvalue weighted by molar-refractivity contribution is 7.99. The smallest absolute Gasteiger partial charge is 0.0693 e. The van der Waals surface area contributed by atoms with E-state index >= 15 is 0 Å². The normalized spacial score (nSPS) is 27.0. The Labute approximate surface area is 53.1 Å². The molecular weight excluding hydrogens is 120 g/mol. The molecule has 0 saturated carbocycles. The van der Waals surface area contributed by atoms with Gasteiger partial charge in [0.2, 0.25) is 0 Å². The summed E-state index contributed by atoms with van der Waals surface area (Å²) in [6, 6.07) is 0. The number of thioether (sulfide) groups is 1. The minimum absolute atomic E-state index is 0.919. The van der Waals surface area contributed by atoms with Crippen LogP contribution in [0.4, 0.5) is 0 Å². The van der Waals surface area contributed by atoms with Crippen molar-refractivity contribution in [2.75, 3.05) is 24.7 Å². The van der Waals surface area contributed by atoms with Crippen molar-refractivity contribution in [2.24, 2.45) is 0 Å². The molecule has 1 nitrogen and oxygen atoms in total. The first-order chi connectivity index (χ1) is 3.97. The third-order valence-electron chi connectivity index (χ3n) is 1.61. The molecular formula is C6H8OS. The van der Waals surface area contributed by atoms with Crippen LogP contribution in [0, 0.1) is 0 Å². The van der Waals surface area contributed by atoms with Crippen molar-refractivity contribution in [3.8, 4) is 0 Å². The zero-order valence-electron chi connectivity index (χ0n) is 4.64. The highest BCUT2D eigenvalue weighted by atomic mass is 32.2. The average molecular weight is 128 g/mol. The SMILES string of the molecule is C1OCC2=C1CSC2. The third-order valence-corrected chi connectivity index (χ3v) is 2.71. The predicted octanol–water partition coefficient (Wildman–Crippen LogP) is 1.06. The molecule has 0 aromatic rings. The van der Waals surface area contributed by atoms with E-state index < -0.39 is 0 Å². The summed E-state index contributed by atoms with van der Waals surface area (Å²) in [7, 11) is 0. The van der Waals surface area contributed by atoms with Gasteiger partial charge in [-0.2, -0.15) is 11.8 Å². The van der Waals surface area contributed by atoms with E-state index in [1.807, 2.05) is 11.8 Å². The number of hydrogen-bond donors (Lipinski definition) is 0. The molecule has 2 heteroatoms. The molecule has 0 aromatic carbocycles. The van der Waals surface area contributed by atoms with Gasteiger partial charge in [0.15, 0.2) is 0 Å². The fourth-order valence-corrected chi connectivity index (χ4v) is 2.26. The van der Waals surface area contributed by atoms with Gasteiger partial charge in [-0.15, -0.1) is 0 Å². The van der Waals surface area contributed by atoms with E-state index in [4.69, 9.17) is 4.74 Å². The maximum Gasteiger partial charge on any atom is 0.0693 e. The highest BCUT2D eigenvalue weighted by Crippen LogP contribution is 2.28. The van der Waals surface area contributed by atoms with Crippen LogP contribution in [0.15, 0.2) is 11.1 Å². The van der Waals surface area contributed by atoms with Crippen molar-refractivity contribution >= 4 is 11.8 Å². The van der Waals surface area contributed by atoms with Gasteiger partial charge in [0.1, 0.15) is 0 Å². The van der Waals surface area contributed by atoms with E-state index in [0.29, 0.717) is 0 Å². The summed E-state index contributed by atoms with van der Waals surface area (Å²) in [4.78, 5) is 0. The molecule has 0 unspecified atom stereocenters. The van der Waals surface area contributed by atoms with Crippen molar-refractivity contribution < 1.29 is 4.74 Å². The Hall–Kier alpha value is 0.0500. The van der Waals surface area contributed by atoms with Crippen LogP contribution in [0.1, 0.15) is 0 Å². The van der Waals surface area contributed by atoms with Crippen LogP contribution >= 0.6 is 11.8 Å². The van der Waals surface area contributed by atoms with Gasteiger partial charge in [-0.25, -0.2) is 0 Å². The Morgan fingerprint density at radius 2 is 1.75 bits per heavy atom. The molecule has 2 aliphatic heterocycles. The van der Waals surface area contributed by atoms with Gasteiger partial charge in [-0.1, -0.05) is 0 Å². The van der Waals surface area contributed by atoms with E-state index in [1.54, 1.807) is 11.1 Å². The molecule has 2 heterocycles. The molecule has 0 N–H and O–H groups in total. The summed E-state index contributed by atoms with van der Waals surface area (Å²) in [5.74, 6) is 2.46. The lowest BCUT2D eigenvalue weighted by Crippen LogP contribution is -1.90. The van der Waals surface area contributed by atoms with Crippen LogP contribution in [-0.4, -0.2) is 24.7 Å². The largest absolute Gasteiger partial charge is 0.373 e. The van der Waals surface area contributed by atoms with Gasteiger partial charge in [-0.3, -0.25) is 0 Å². The summed E-state index contributed by atoms with van der Waals surface area (Å²) in [6.45, 7) is 1.84.